The fraction of sp³-hybridized carbons (Fsp3) is 0.846. The normalized spacial score (nSPS) is 18.4. The van der Waals surface area contributed by atoms with Crippen LogP contribution in [0.3, 0.4) is 0 Å². The van der Waals surface area contributed by atoms with Crippen molar-refractivity contribution < 1.29 is 53.0 Å². The molecule has 1 rings (SSSR count). The van der Waals surface area contributed by atoms with Crippen molar-refractivity contribution in [2.45, 2.75) is 102 Å². The van der Waals surface area contributed by atoms with Crippen molar-refractivity contribution >= 4 is 23.8 Å². The summed E-state index contributed by atoms with van der Waals surface area (Å²) in [6.07, 6.45) is 1.69. The first-order valence-electron chi connectivity index (χ1n) is 13.8. The highest BCUT2D eigenvalue weighted by Crippen LogP contribution is 2.34. The molecule has 0 aliphatic heterocycles. The van der Waals surface area contributed by atoms with E-state index in [-0.39, 0.29) is 12.3 Å². The second-order valence-corrected chi connectivity index (χ2v) is 10.9. The second-order valence-electron chi connectivity index (χ2n) is 10.9. The maximum absolute atomic E-state index is 16.0. The number of aliphatic hydroxyl groups is 3. The van der Waals surface area contributed by atoms with Gasteiger partial charge in [-0.05, 0) is 18.3 Å². The molecule has 0 heterocycles. The van der Waals surface area contributed by atoms with Crippen LogP contribution in [0.4, 0.5) is 8.78 Å². The zero-order chi connectivity index (χ0) is 31.5. The number of amides is 2. The molecule has 0 radical (unpaired) electrons. The van der Waals surface area contributed by atoms with E-state index in [1.165, 1.54) is 27.9 Å². The number of nitrogens with zero attached hydrogens (tertiary/aromatic N) is 2. The van der Waals surface area contributed by atoms with E-state index in [1.54, 1.807) is 0 Å². The first-order valence-corrected chi connectivity index (χ1v) is 13.8. The molecule has 0 aromatic rings. The third-order valence-electron chi connectivity index (χ3n) is 7.17. The monoisotopic (exact) mass is 596 g/mol. The Bertz CT molecular complexity index is 874. The first kappa shape index (κ1) is 36.6. The Morgan fingerprint density at radius 1 is 0.878 bits per heavy atom. The molecule has 2 amide bonds. The van der Waals surface area contributed by atoms with Gasteiger partial charge in [-0.3, -0.25) is 19.2 Å². The van der Waals surface area contributed by atoms with Crippen LogP contribution in [0.25, 0.3) is 0 Å². The van der Waals surface area contributed by atoms with Crippen LogP contribution in [0, 0.1) is 11.8 Å². The summed E-state index contributed by atoms with van der Waals surface area (Å²) in [4.78, 5) is 58.1. The summed E-state index contributed by atoms with van der Waals surface area (Å²) in [5, 5.41) is 36.6. The summed E-state index contributed by atoms with van der Waals surface area (Å²) in [5.74, 6) is -8.55. The molecule has 1 aliphatic carbocycles. The SMILES string of the molecule is CC(=O)ON(C)[C@@H](CO)C(=O)NC(CC1CCCCC1)C(O)C(F)(F)C(NC(=O)[C@H](CO)N(C)OC(C)=O)C(C)C. The third kappa shape index (κ3) is 11.0. The Morgan fingerprint density at radius 2 is 1.32 bits per heavy atom. The predicted octanol–water partition coefficient (Wildman–Crippen LogP) is 0.120. The topological polar surface area (TPSA) is 178 Å². The third-order valence-corrected chi connectivity index (χ3v) is 7.17. The number of nitrogens with one attached hydrogen (secondary N) is 2. The van der Waals surface area contributed by atoms with Gasteiger partial charge in [0.2, 0.25) is 11.8 Å². The van der Waals surface area contributed by atoms with Gasteiger partial charge >= 0.3 is 11.9 Å². The summed E-state index contributed by atoms with van der Waals surface area (Å²) >= 11 is 0. The molecule has 0 aromatic carbocycles. The number of likely N-dealkylation sites (N-methyl/N-ethyl adjacent to an activating group) is 2. The van der Waals surface area contributed by atoms with Crippen molar-refractivity contribution in [3.63, 3.8) is 0 Å². The van der Waals surface area contributed by atoms with Crippen molar-refractivity contribution in [1.29, 1.82) is 0 Å². The lowest BCUT2D eigenvalue weighted by Crippen LogP contribution is -2.64. The van der Waals surface area contributed by atoms with E-state index in [0.717, 1.165) is 43.2 Å². The fourth-order valence-corrected chi connectivity index (χ4v) is 5.00. The Balaban J connectivity index is 3.28. The number of hydrogen-bond acceptors (Lipinski definition) is 11. The van der Waals surface area contributed by atoms with Gasteiger partial charge in [0, 0.05) is 27.9 Å². The van der Waals surface area contributed by atoms with Crippen LogP contribution >= 0.6 is 0 Å². The summed E-state index contributed by atoms with van der Waals surface area (Å²) in [7, 11) is 2.40. The van der Waals surface area contributed by atoms with Crippen LogP contribution in [0.15, 0.2) is 0 Å². The van der Waals surface area contributed by atoms with Crippen molar-refractivity contribution in [3.05, 3.63) is 0 Å². The van der Waals surface area contributed by atoms with Crippen LogP contribution in [0.1, 0.15) is 66.2 Å². The second kappa shape index (κ2) is 16.9. The number of aliphatic hydroxyl groups excluding tert-OH is 3. The van der Waals surface area contributed by atoms with Gasteiger partial charge in [-0.15, -0.1) is 10.1 Å². The van der Waals surface area contributed by atoms with Crippen molar-refractivity contribution in [1.82, 2.24) is 20.8 Å². The molecule has 0 spiro atoms. The number of hydrogen-bond donors (Lipinski definition) is 5. The van der Waals surface area contributed by atoms with Gasteiger partial charge in [0.15, 0.2) is 0 Å². The Kier molecular flexibility index (Phi) is 15.0. The van der Waals surface area contributed by atoms with Gasteiger partial charge in [-0.1, -0.05) is 46.0 Å². The average molecular weight is 597 g/mol. The molecule has 238 valence electrons. The summed E-state index contributed by atoms with van der Waals surface area (Å²) in [6, 6.07) is -6.38. The molecule has 13 nitrogen and oxygen atoms in total. The van der Waals surface area contributed by atoms with Crippen molar-refractivity contribution in [2.24, 2.45) is 11.8 Å². The summed E-state index contributed by atoms with van der Waals surface area (Å²) in [5.41, 5.74) is 0. The van der Waals surface area contributed by atoms with Gasteiger partial charge < -0.3 is 35.6 Å². The summed E-state index contributed by atoms with van der Waals surface area (Å²) in [6.45, 7) is 3.30. The number of alkyl halides is 2. The minimum Gasteiger partial charge on any atom is -0.394 e. The number of halogens is 2. The predicted molar refractivity (Wildman–Crippen MR) is 142 cm³/mol. The van der Waals surface area contributed by atoms with Gasteiger partial charge in [-0.2, -0.15) is 0 Å². The van der Waals surface area contributed by atoms with E-state index in [0.29, 0.717) is 12.8 Å². The Labute approximate surface area is 239 Å². The number of hydroxylamine groups is 4. The highest BCUT2D eigenvalue weighted by Gasteiger charge is 2.53. The molecule has 0 bridgehead atoms. The largest absolute Gasteiger partial charge is 0.394 e. The smallest absolute Gasteiger partial charge is 0.322 e. The minimum atomic E-state index is -3.99. The van der Waals surface area contributed by atoms with E-state index in [4.69, 9.17) is 9.68 Å². The van der Waals surface area contributed by atoms with E-state index in [1.807, 2.05) is 0 Å². The zero-order valence-electron chi connectivity index (χ0n) is 24.6. The average Bonchev–Trinajstić information content (AvgIpc) is 2.86. The van der Waals surface area contributed by atoms with E-state index >= 15 is 8.78 Å². The lowest BCUT2D eigenvalue weighted by molar-refractivity contribution is -0.199. The molecular weight excluding hydrogens is 550 g/mol. The van der Waals surface area contributed by atoms with Crippen LogP contribution < -0.4 is 10.6 Å². The molecule has 5 atom stereocenters. The fourth-order valence-electron chi connectivity index (χ4n) is 5.00. The molecule has 3 unspecified atom stereocenters. The molecule has 41 heavy (non-hydrogen) atoms. The molecule has 1 fully saturated rings. The molecular formula is C26H46F2N4O9. The van der Waals surface area contributed by atoms with Gasteiger partial charge in [0.1, 0.15) is 18.2 Å². The summed E-state index contributed by atoms with van der Waals surface area (Å²) < 4.78 is 32.1. The van der Waals surface area contributed by atoms with E-state index < -0.39 is 79.1 Å². The molecule has 15 heteroatoms. The number of carbonyl (C=O) groups excluding carboxylic acids is 4. The zero-order valence-corrected chi connectivity index (χ0v) is 24.6. The quantitative estimate of drug-likeness (QED) is 0.153. The van der Waals surface area contributed by atoms with Crippen molar-refractivity contribution in [3.8, 4) is 0 Å². The molecule has 0 aromatic heterocycles. The number of carbonyl (C=O) groups is 4. The van der Waals surface area contributed by atoms with Crippen LogP contribution in [-0.4, -0.2) is 113 Å². The number of rotatable bonds is 16. The van der Waals surface area contributed by atoms with Gasteiger partial charge in [-0.25, -0.2) is 8.78 Å². The van der Waals surface area contributed by atoms with Crippen LogP contribution in [-0.2, 0) is 28.9 Å². The maximum Gasteiger partial charge on any atom is 0.322 e. The lowest BCUT2D eigenvalue weighted by atomic mass is 9.81. The molecule has 5 N–H and O–H groups in total. The van der Waals surface area contributed by atoms with E-state index in [2.05, 4.69) is 10.6 Å². The maximum atomic E-state index is 16.0. The molecule has 1 saturated carbocycles. The van der Waals surface area contributed by atoms with E-state index in [9.17, 15) is 34.5 Å². The molecule has 0 saturated heterocycles. The lowest BCUT2D eigenvalue weighted by Gasteiger charge is -2.39. The standard InChI is InChI=1S/C26H46F2N4O9/c1-15(2)22(30-25(39)21(14-34)32(6)41-17(4)36)26(27,28)23(37)19(12-18-10-8-7-9-11-18)29-24(38)20(13-33)31(5)40-16(3)35/h15,18-23,33-34,37H,7-14H2,1-6H3,(H,29,38)(H,30,39)/t19?,20-,21-,22?,23?/m0/s1. The van der Waals surface area contributed by atoms with Crippen molar-refractivity contribution in [2.75, 3.05) is 27.3 Å². The van der Waals surface area contributed by atoms with Crippen LogP contribution in [0.5, 0.6) is 0 Å². The van der Waals surface area contributed by atoms with Gasteiger partial charge in [0.25, 0.3) is 5.92 Å². The highest BCUT2D eigenvalue weighted by atomic mass is 19.3. The Morgan fingerprint density at radius 3 is 1.71 bits per heavy atom. The van der Waals surface area contributed by atoms with Crippen LogP contribution in [0.2, 0.25) is 0 Å². The highest BCUT2D eigenvalue weighted by molar-refractivity contribution is 5.83. The first-order chi connectivity index (χ1) is 19.1. The minimum absolute atomic E-state index is 0.00510. The Hall–Kier alpha value is -2.46. The van der Waals surface area contributed by atoms with Gasteiger partial charge in [0.05, 0.1) is 25.3 Å². The molecule has 1 aliphatic rings.